The number of rotatable bonds is 4. The summed E-state index contributed by atoms with van der Waals surface area (Å²) in [6.45, 7) is 4.89. The normalized spacial score (nSPS) is 26.8. The van der Waals surface area contributed by atoms with Crippen LogP contribution in [0.4, 0.5) is 0 Å². The summed E-state index contributed by atoms with van der Waals surface area (Å²) in [7, 11) is 0. The van der Waals surface area contributed by atoms with Crippen LogP contribution in [0.15, 0.2) is 0 Å². The lowest BCUT2D eigenvalue weighted by atomic mass is 9.66. The van der Waals surface area contributed by atoms with Gasteiger partial charge in [-0.1, -0.05) is 25.7 Å². The van der Waals surface area contributed by atoms with Crippen molar-refractivity contribution in [3.63, 3.8) is 0 Å². The third-order valence-electron chi connectivity index (χ3n) is 4.75. The molecular formula is C14H28N2. The van der Waals surface area contributed by atoms with Crippen LogP contribution >= 0.6 is 0 Å². The molecule has 0 aromatic heterocycles. The van der Waals surface area contributed by atoms with Gasteiger partial charge in [-0.15, -0.1) is 0 Å². The summed E-state index contributed by atoms with van der Waals surface area (Å²) in [6, 6.07) is 0. The van der Waals surface area contributed by atoms with Crippen LogP contribution < -0.4 is 5.73 Å². The van der Waals surface area contributed by atoms with Gasteiger partial charge in [-0.2, -0.15) is 0 Å². The van der Waals surface area contributed by atoms with Crippen LogP contribution in [0.25, 0.3) is 0 Å². The zero-order valence-corrected chi connectivity index (χ0v) is 10.7. The molecule has 94 valence electrons. The first-order valence-corrected chi connectivity index (χ1v) is 7.27. The van der Waals surface area contributed by atoms with E-state index in [-0.39, 0.29) is 0 Å². The molecule has 0 aromatic carbocycles. The molecule has 2 rings (SSSR count). The van der Waals surface area contributed by atoms with Crippen LogP contribution in [0.3, 0.4) is 0 Å². The highest BCUT2D eigenvalue weighted by Gasteiger charge is 2.35. The van der Waals surface area contributed by atoms with Gasteiger partial charge in [0, 0.05) is 0 Å². The SMILES string of the molecule is NCC1(CCN2CCCCCCC2)CCC1. The van der Waals surface area contributed by atoms with Crippen molar-refractivity contribution >= 4 is 0 Å². The monoisotopic (exact) mass is 224 g/mol. The topological polar surface area (TPSA) is 29.3 Å². The summed E-state index contributed by atoms with van der Waals surface area (Å²) >= 11 is 0. The fourth-order valence-electron chi connectivity index (χ4n) is 3.16. The Labute approximate surface area is 101 Å². The van der Waals surface area contributed by atoms with E-state index >= 15 is 0 Å². The summed E-state index contributed by atoms with van der Waals surface area (Å²) in [4.78, 5) is 2.69. The van der Waals surface area contributed by atoms with E-state index in [9.17, 15) is 0 Å². The molecule has 0 unspecified atom stereocenters. The second kappa shape index (κ2) is 6.02. The maximum absolute atomic E-state index is 5.92. The first-order chi connectivity index (χ1) is 7.85. The highest BCUT2D eigenvalue weighted by atomic mass is 15.1. The first-order valence-electron chi connectivity index (χ1n) is 7.27. The molecule has 0 amide bonds. The van der Waals surface area contributed by atoms with Crippen LogP contribution in [0, 0.1) is 5.41 Å². The molecule has 0 radical (unpaired) electrons. The Kier molecular flexibility index (Phi) is 4.66. The maximum Gasteiger partial charge on any atom is -0.00130 e. The van der Waals surface area contributed by atoms with Crippen LogP contribution in [-0.2, 0) is 0 Å². The molecule has 1 heterocycles. The van der Waals surface area contributed by atoms with E-state index in [4.69, 9.17) is 5.73 Å². The van der Waals surface area contributed by atoms with Gasteiger partial charge in [0.25, 0.3) is 0 Å². The molecular weight excluding hydrogens is 196 g/mol. The van der Waals surface area contributed by atoms with Gasteiger partial charge >= 0.3 is 0 Å². The van der Waals surface area contributed by atoms with Gasteiger partial charge in [0.1, 0.15) is 0 Å². The molecule has 2 heteroatoms. The zero-order valence-electron chi connectivity index (χ0n) is 10.7. The predicted molar refractivity (Wildman–Crippen MR) is 69.5 cm³/mol. The molecule has 0 bridgehead atoms. The Morgan fingerprint density at radius 1 is 0.875 bits per heavy atom. The highest BCUT2D eigenvalue weighted by Crippen LogP contribution is 2.42. The van der Waals surface area contributed by atoms with Gasteiger partial charge in [-0.3, -0.25) is 0 Å². The van der Waals surface area contributed by atoms with E-state index in [1.54, 1.807) is 0 Å². The number of nitrogens with zero attached hydrogens (tertiary/aromatic N) is 1. The standard InChI is InChI=1S/C14H28N2/c15-13-14(7-6-8-14)9-12-16-10-4-2-1-3-5-11-16/h1-13,15H2. The van der Waals surface area contributed by atoms with Gasteiger partial charge < -0.3 is 10.6 Å². The van der Waals surface area contributed by atoms with Crippen LogP contribution in [0.2, 0.25) is 0 Å². The quantitative estimate of drug-likeness (QED) is 0.795. The van der Waals surface area contributed by atoms with Crippen molar-refractivity contribution < 1.29 is 0 Å². The number of hydrogen-bond donors (Lipinski definition) is 1. The number of nitrogens with two attached hydrogens (primary N) is 1. The predicted octanol–water partition coefficient (Wildman–Crippen LogP) is 2.77. The van der Waals surface area contributed by atoms with Gasteiger partial charge in [0.05, 0.1) is 0 Å². The van der Waals surface area contributed by atoms with Crippen molar-refractivity contribution in [1.29, 1.82) is 0 Å². The third-order valence-corrected chi connectivity index (χ3v) is 4.75. The van der Waals surface area contributed by atoms with E-state index in [2.05, 4.69) is 4.90 Å². The van der Waals surface area contributed by atoms with E-state index in [1.807, 2.05) is 0 Å². The Morgan fingerprint density at radius 3 is 2.00 bits per heavy atom. The van der Waals surface area contributed by atoms with E-state index in [0.29, 0.717) is 5.41 Å². The van der Waals surface area contributed by atoms with Gasteiger partial charge in [-0.25, -0.2) is 0 Å². The lowest BCUT2D eigenvalue weighted by Gasteiger charge is -2.42. The number of hydrogen-bond acceptors (Lipinski definition) is 2. The fourth-order valence-corrected chi connectivity index (χ4v) is 3.16. The Hall–Kier alpha value is -0.0800. The average molecular weight is 224 g/mol. The van der Waals surface area contributed by atoms with E-state index < -0.39 is 0 Å². The molecule has 2 N–H and O–H groups in total. The van der Waals surface area contributed by atoms with Crippen molar-refractivity contribution in [3.8, 4) is 0 Å². The van der Waals surface area contributed by atoms with Crippen molar-refractivity contribution in [2.24, 2.45) is 11.1 Å². The van der Waals surface area contributed by atoms with Crippen LogP contribution in [-0.4, -0.2) is 31.1 Å². The minimum atomic E-state index is 0.544. The lowest BCUT2D eigenvalue weighted by Crippen LogP contribution is -2.41. The molecule has 0 aromatic rings. The summed E-state index contributed by atoms with van der Waals surface area (Å²) < 4.78 is 0. The maximum atomic E-state index is 5.92. The summed E-state index contributed by atoms with van der Waals surface area (Å²) in [5.41, 5.74) is 6.47. The molecule has 0 atom stereocenters. The molecule has 1 aliphatic heterocycles. The van der Waals surface area contributed by atoms with E-state index in [0.717, 1.165) is 6.54 Å². The smallest absolute Gasteiger partial charge is 0.00130 e. The second-order valence-corrected chi connectivity index (χ2v) is 5.92. The second-order valence-electron chi connectivity index (χ2n) is 5.92. The Bertz CT molecular complexity index is 185. The Balaban J connectivity index is 1.70. The molecule has 16 heavy (non-hydrogen) atoms. The molecule has 1 saturated carbocycles. The van der Waals surface area contributed by atoms with Crippen molar-refractivity contribution in [2.45, 2.75) is 57.8 Å². The summed E-state index contributed by atoms with van der Waals surface area (Å²) in [6.07, 6.45) is 12.7. The minimum absolute atomic E-state index is 0.544. The van der Waals surface area contributed by atoms with Gasteiger partial charge in [0.15, 0.2) is 0 Å². The lowest BCUT2D eigenvalue weighted by molar-refractivity contribution is 0.103. The van der Waals surface area contributed by atoms with Gasteiger partial charge in [0.2, 0.25) is 0 Å². The summed E-state index contributed by atoms with van der Waals surface area (Å²) in [5, 5.41) is 0. The largest absolute Gasteiger partial charge is 0.330 e. The molecule has 2 fully saturated rings. The fraction of sp³-hybridized carbons (Fsp3) is 1.00. The van der Waals surface area contributed by atoms with Gasteiger partial charge in [-0.05, 0) is 63.7 Å². The zero-order chi connectivity index (χ0) is 11.3. The molecule has 2 aliphatic rings. The minimum Gasteiger partial charge on any atom is -0.330 e. The first kappa shape index (κ1) is 12.4. The molecule has 2 nitrogen and oxygen atoms in total. The molecule has 1 saturated heterocycles. The Morgan fingerprint density at radius 2 is 1.50 bits per heavy atom. The highest BCUT2D eigenvalue weighted by molar-refractivity contribution is 4.89. The van der Waals surface area contributed by atoms with Crippen LogP contribution in [0.1, 0.15) is 57.8 Å². The van der Waals surface area contributed by atoms with Crippen molar-refractivity contribution in [1.82, 2.24) is 4.90 Å². The van der Waals surface area contributed by atoms with Crippen LogP contribution in [0.5, 0.6) is 0 Å². The van der Waals surface area contributed by atoms with Crippen molar-refractivity contribution in [2.75, 3.05) is 26.2 Å². The molecule has 0 spiro atoms. The molecule has 1 aliphatic carbocycles. The van der Waals surface area contributed by atoms with Crippen molar-refractivity contribution in [3.05, 3.63) is 0 Å². The van der Waals surface area contributed by atoms with E-state index in [1.165, 1.54) is 77.4 Å². The third kappa shape index (κ3) is 3.21. The average Bonchev–Trinajstić information content (AvgIpc) is 2.19. The number of likely N-dealkylation sites (tertiary alicyclic amines) is 1. The summed E-state index contributed by atoms with van der Waals surface area (Å²) in [5.74, 6) is 0.